The molecule has 1 aliphatic rings. The lowest BCUT2D eigenvalue weighted by Gasteiger charge is -2.13. The van der Waals surface area contributed by atoms with E-state index in [2.05, 4.69) is 36.9 Å². The Labute approximate surface area is 120 Å². The highest BCUT2D eigenvalue weighted by atomic mass is 16.5. The van der Waals surface area contributed by atoms with E-state index >= 15 is 0 Å². The molecule has 106 valence electrons. The number of hydrogen-bond acceptors (Lipinski definition) is 6. The van der Waals surface area contributed by atoms with Gasteiger partial charge in [0.25, 0.3) is 0 Å². The van der Waals surface area contributed by atoms with Crippen LogP contribution in [-0.4, -0.2) is 33.8 Å². The smallest absolute Gasteiger partial charge is 0.226 e. The summed E-state index contributed by atoms with van der Waals surface area (Å²) in [5.41, 5.74) is 1.84. The molecule has 21 heavy (non-hydrogen) atoms. The third-order valence-electron chi connectivity index (χ3n) is 3.54. The van der Waals surface area contributed by atoms with Crippen LogP contribution in [0.1, 0.15) is 11.6 Å². The summed E-state index contributed by atoms with van der Waals surface area (Å²) >= 11 is 0. The number of ether oxygens (including phenoxy) is 1. The van der Waals surface area contributed by atoms with Crippen LogP contribution in [0.4, 0.5) is 11.8 Å². The van der Waals surface area contributed by atoms with Gasteiger partial charge in [0.15, 0.2) is 5.65 Å². The zero-order valence-electron chi connectivity index (χ0n) is 11.4. The van der Waals surface area contributed by atoms with Gasteiger partial charge in [-0.3, -0.25) is 5.10 Å². The standard InChI is InChI=1S/C14H14N6O/c1-15-14-18-12(9-6-16-20-13(9)19-14)17-10-7-21-11-5-3-2-4-8(10)11/h2-6,10H,7H2,1H3,(H3,15,16,17,18,19,20). The molecule has 4 rings (SSSR count). The van der Waals surface area contributed by atoms with Crippen LogP contribution in [0.2, 0.25) is 0 Å². The summed E-state index contributed by atoms with van der Waals surface area (Å²) in [6, 6.07) is 8.09. The molecule has 2 aromatic heterocycles. The predicted octanol–water partition coefficient (Wildman–Crippen LogP) is 1.94. The summed E-state index contributed by atoms with van der Waals surface area (Å²) in [6.07, 6.45) is 1.72. The van der Waals surface area contributed by atoms with Crippen molar-refractivity contribution in [1.82, 2.24) is 20.2 Å². The Bertz CT molecular complexity index is 799. The number of rotatable bonds is 3. The van der Waals surface area contributed by atoms with Gasteiger partial charge < -0.3 is 15.4 Å². The van der Waals surface area contributed by atoms with Crippen LogP contribution in [0, 0.1) is 0 Å². The Morgan fingerprint density at radius 3 is 3.10 bits per heavy atom. The van der Waals surface area contributed by atoms with E-state index in [-0.39, 0.29) is 6.04 Å². The number of benzene rings is 1. The Hall–Kier alpha value is -2.83. The van der Waals surface area contributed by atoms with Crippen LogP contribution in [-0.2, 0) is 0 Å². The quantitative estimate of drug-likeness (QED) is 0.680. The first-order chi connectivity index (χ1) is 10.3. The maximum atomic E-state index is 5.69. The zero-order valence-corrected chi connectivity index (χ0v) is 11.4. The van der Waals surface area contributed by atoms with Gasteiger partial charge in [-0.25, -0.2) is 0 Å². The summed E-state index contributed by atoms with van der Waals surface area (Å²) in [4.78, 5) is 8.80. The molecule has 0 radical (unpaired) electrons. The average Bonchev–Trinajstić information content (AvgIpc) is 3.14. The lowest BCUT2D eigenvalue weighted by molar-refractivity contribution is 0.339. The lowest BCUT2D eigenvalue weighted by atomic mass is 10.1. The van der Waals surface area contributed by atoms with Crippen LogP contribution in [0.15, 0.2) is 30.5 Å². The van der Waals surface area contributed by atoms with Gasteiger partial charge in [0.05, 0.1) is 17.6 Å². The van der Waals surface area contributed by atoms with E-state index in [1.54, 1.807) is 13.2 Å². The van der Waals surface area contributed by atoms with Crippen molar-refractivity contribution in [3.63, 3.8) is 0 Å². The van der Waals surface area contributed by atoms with E-state index in [0.717, 1.165) is 22.5 Å². The molecule has 3 aromatic rings. The summed E-state index contributed by atoms with van der Waals surface area (Å²) in [5, 5.41) is 14.1. The largest absolute Gasteiger partial charge is 0.491 e. The van der Waals surface area contributed by atoms with Gasteiger partial charge in [-0.2, -0.15) is 15.1 Å². The van der Waals surface area contributed by atoms with Crippen LogP contribution >= 0.6 is 0 Å². The summed E-state index contributed by atoms with van der Waals surface area (Å²) in [5.74, 6) is 2.20. The molecule has 7 heteroatoms. The first-order valence-electron chi connectivity index (χ1n) is 6.72. The minimum atomic E-state index is 0.0684. The molecule has 0 amide bonds. The van der Waals surface area contributed by atoms with Crippen molar-refractivity contribution < 1.29 is 4.74 Å². The molecule has 3 heterocycles. The van der Waals surface area contributed by atoms with Crippen molar-refractivity contribution in [2.45, 2.75) is 6.04 Å². The fraction of sp³-hybridized carbons (Fsp3) is 0.214. The van der Waals surface area contributed by atoms with E-state index < -0.39 is 0 Å². The first-order valence-corrected chi connectivity index (χ1v) is 6.72. The minimum absolute atomic E-state index is 0.0684. The van der Waals surface area contributed by atoms with E-state index in [1.807, 2.05) is 18.2 Å². The van der Waals surface area contributed by atoms with Crippen molar-refractivity contribution in [3.8, 4) is 5.75 Å². The molecule has 0 spiro atoms. The van der Waals surface area contributed by atoms with Crippen molar-refractivity contribution in [3.05, 3.63) is 36.0 Å². The third-order valence-corrected chi connectivity index (χ3v) is 3.54. The van der Waals surface area contributed by atoms with Crippen LogP contribution in [0.3, 0.4) is 0 Å². The molecular formula is C14H14N6O. The molecule has 1 unspecified atom stereocenters. The Kier molecular flexibility index (Phi) is 2.63. The fourth-order valence-electron chi connectivity index (χ4n) is 2.50. The second kappa shape index (κ2) is 4.62. The number of hydrogen-bond donors (Lipinski definition) is 3. The summed E-state index contributed by atoms with van der Waals surface area (Å²) in [6.45, 7) is 0.581. The van der Waals surface area contributed by atoms with E-state index in [4.69, 9.17) is 4.74 Å². The van der Waals surface area contributed by atoms with Crippen molar-refractivity contribution in [2.24, 2.45) is 0 Å². The highest BCUT2D eigenvalue weighted by molar-refractivity contribution is 5.87. The summed E-state index contributed by atoms with van der Waals surface area (Å²) in [7, 11) is 1.79. The number of aromatic amines is 1. The monoisotopic (exact) mass is 282 g/mol. The summed E-state index contributed by atoms with van der Waals surface area (Å²) < 4.78 is 5.69. The molecule has 3 N–H and O–H groups in total. The Morgan fingerprint density at radius 2 is 2.19 bits per heavy atom. The first kappa shape index (κ1) is 12.0. The zero-order chi connectivity index (χ0) is 14.2. The Balaban J connectivity index is 1.73. The second-order valence-corrected chi connectivity index (χ2v) is 4.82. The van der Waals surface area contributed by atoms with Crippen molar-refractivity contribution in [1.29, 1.82) is 0 Å². The molecule has 1 aliphatic heterocycles. The van der Waals surface area contributed by atoms with Crippen molar-refractivity contribution >= 4 is 22.8 Å². The van der Waals surface area contributed by atoms with Crippen molar-refractivity contribution in [2.75, 3.05) is 24.3 Å². The molecule has 0 fully saturated rings. The number of nitrogens with one attached hydrogen (secondary N) is 3. The fourth-order valence-corrected chi connectivity index (χ4v) is 2.50. The lowest BCUT2D eigenvalue weighted by Crippen LogP contribution is -2.14. The second-order valence-electron chi connectivity index (χ2n) is 4.82. The SMILES string of the molecule is CNc1nc(NC2COc3ccccc32)c2cn[nH]c2n1. The minimum Gasteiger partial charge on any atom is -0.491 e. The number of aromatic nitrogens is 4. The molecule has 0 bridgehead atoms. The highest BCUT2D eigenvalue weighted by Gasteiger charge is 2.24. The maximum Gasteiger partial charge on any atom is 0.226 e. The number of para-hydroxylation sites is 1. The van der Waals surface area contributed by atoms with Gasteiger partial charge >= 0.3 is 0 Å². The van der Waals surface area contributed by atoms with Gasteiger partial charge in [-0.15, -0.1) is 0 Å². The average molecular weight is 282 g/mol. The van der Waals surface area contributed by atoms with Gasteiger partial charge in [-0.1, -0.05) is 18.2 Å². The van der Waals surface area contributed by atoms with Gasteiger partial charge in [-0.05, 0) is 6.07 Å². The Morgan fingerprint density at radius 1 is 1.29 bits per heavy atom. The number of anilines is 2. The normalized spacial score (nSPS) is 16.5. The van der Waals surface area contributed by atoms with Gasteiger partial charge in [0.2, 0.25) is 5.95 Å². The van der Waals surface area contributed by atoms with Gasteiger partial charge in [0.1, 0.15) is 18.2 Å². The molecule has 1 aromatic carbocycles. The van der Waals surface area contributed by atoms with E-state index in [9.17, 15) is 0 Å². The molecule has 0 saturated carbocycles. The number of fused-ring (bicyclic) bond motifs is 2. The molecular weight excluding hydrogens is 268 g/mol. The van der Waals surface area contributed by atoms with E-state index in [0.29, 0.717) is 18.2 Å². The predicted molar refractivity (Wildman–Crippen MR) is 79.5 cm³/mol. The molecule has 0 aliphatic carbocycles. The van der Waals surface area contributed by atoms with Crippen LogP contribution in [0.25, 0.3) is 11.0 Å². The molecule has 1 atom stereocenters. The van der Waals surface area contributed by atoms with Crippen LogP contribution in [0.5, 0.6) is 5.75 Å². The number of H-pyrrole nitrogens is 1. The molecule has 7 nitrogen and oxygen atoms in total. The number of nitrogens with zero attached hydrogens (tertiary/aromatic N) is 3. The highest BCUT2D eigenvalue weighted by Crippen LogP contribution is 2.34. The van der Waals surface area contributed by atoms with Gasteiger partial charge in [0, 0.05) is 12.6 Å². The van der Waals surface area contributed by atoms with Crippen LogP contribution < -0.4 is 15.4 Å². The third kappa shape index (κ3) is 1.94. The van der Waals surface area contributed by atoms with E-state index in [1.165, 1.54) is 0 Å². The maximum absolute atomic E-state index is 5.69. The molecule has 0 saturated heterocycles. The topological polar surface area (TPSA) is 87.8 Å².